The molecule has 0 bridgehead atoms. The number of hydrogen-bond donors (Lipinski definition) is 2. The first kappa shape index (κ1) is 13.1. The Labute approximate surface area is 109 Å². The van der Waals surface area contributed by atoms with Crippen molar-refractivity contribution in [2.75, 3.05) is 5.32 Å². The maximum absolute atomic E-state index is 11.6. The zero-order valence-corrected chi connectivity index (χ0v) is 10.9. The zero-order chi connectivity index (χ0) is 13.8. The second-order valence-electron chi connectivity index (χ2n) is 4.33. The van der Waals surface area contributed by atoms with Crippen LogP contribution >= 0.6 is 0 Å². The molecule has 0 unspecified atom stereocenters. The van der Waals surface area contributed by atoms with E-state index in [0.29, 0.717) is 12.4 Å². The normalized spacial score (nSPS) is 10.7. The molecule has 8 heteroatoms. The molecule has 0 aliphatic heterocycles. The number of hydrogen-bond acceptors (Lipinski definition) is 6. The van der Waals surface area contributed by atoms with Crippen LogP contribution in [0.5, 0.6) is 0 Å². The van der Waals surface area contributed by atoms with Crippen molar-refractivity contribution in [3.63, 3.8) is 0 Å². The highest BCUT2D eigenvalue weighted by atomic mass is 16.5. The number of nitrogens with zero attached hydrogens (tertiary/aromatic N) is 3. The van der Waals surface area contributed by atoms with Crippen molar-refractivity contribution in [3.8, 4) is 0 Å². The van der Waals surface area contributed by atoms with E-state index in [2.05, 4.69) is 25.9 Å². The van der Waals surface area contributed by atoms with Gasteiger partial charge in [0.25, 0.3) is 0 Å². The first-order valence-electron chi connectivity index (χ1n) is 5.84. The number of nitrogens with one attached hydrogen (secondary N) is 2. The van der Waals surface area contributed by atoms with E-state index in [4.69, 9.17) is 9.05 Å². The Morgan fingerprint density at radius 2 is 2.21 bits per heavy atom. The predicted molar refractivity (Wildman–Crippen MR) is 65.5 cm³/mol. The van der Waals surface area contributed by atoms with Gasteiger partial charge in [-0.05, 0) is 12.8 Å². The molecule has 19 heavy (non-hydrogen) atoms. The highest BCUT2D eigenvalue weighted by Crippen LogP contribution is 2.17. The van der Waals surface area contributed by atoms with Crippen LogP contribution < -0.4 is 10.6 Å². The molecule has 102 valence electrons. The summed E-state index contributed by atoms with van der Waals surface area (Å²) in [6.45, 7) is 5.99. The van der Waals surface area contributed by atoms with E-state index in [1.807, 2.05) is 13.8 Å². The van der Waals surface area contributed by atoms with Crippen LogP contribution in [0.15, 0.2) is 15.3 Å². The number of anilines is 1. The van der Waals surface area contributed by atoms with Gasteiger partial charge in [0.1, 0.15) is 6.26 Å². The Balaban J connectivity index is 1.88. The van der Waals surface area contributed by atoms with Gasteiger partial charge in [-0.2, -0.15) is 4.98 Å². The van der Waals surface area contributed by atoms with E-state index in [1.54, 1.807) is 6.92 Å². The standard InChI is InChI=1S/C11H15N5O3/c1-6(2)9-8(5-18-16-9)4-12-10(17)14-11-13-7(3)15-19-11/h5-6H,4H2,1-3H3,(H2,12,13,14,15,17). The van der Waals surface area contributed by atoms with E-state index < -0.39 is 6.03 Å². The quantitative estimate of drug-likeness (QED) is 0.873. The molecule has 0 spiro atoms. The van der Waals surface area contributed by atoms with Gasteiger partial charge in [-0.25, -0.2) is 4.79 Å². The second kappa shape index (κ2) is 5.51. The van der Waals surface area contributed by atoms with E-state index in [1.165, 1.54) is 6.26 Å². The molecule has 2 heterocycles. The van der Waals surface area contributed by atoms with Gasteiger partial charge in [0, 0.05) is 12.1 Å². The summed E-state index contributed by atoms with van der Waals surface area (Å²) in [5.41, 5.74) is 1.67. The lowest BCUT2D eigenvalue weighted by Crippen LogP contribution is -2.28. The highest BCUT2D eigenvalue weighted by molar-refractivity contribution is 5.86. The monoisotopic (exact) mass is 265 g/mol. The van der Waals surface area contributed by atoms with E-state index >= 15 is 0 Å². The average molecular weight is 265 g/mol. The lowest BCUT2D eigenvalue weighted by atomic mass is 10.1. The molecule has 8 nitrogen and oxygen atoms in total. The van der Waals surface area contributed by atoms with Crippen molar-refractivity contribution in [1.82, 2.24) is 20.6 Å². The Morgan fingerprint density at radius 3 is 2.84 bits per heavy atom. The van der Waals surface area contributed by atoms with E-state index in [9.17, 15) is 4.79 Å². The van der Waals surface area contributed by atoms with E-state index in [-0.39, 0.29) is 11.9 Å². The fraction of sp³-hybridized carbons (Fsp3) is 0.455. The second-order valence-corrected chi connectivity index (χ2v) is 4.33. The van der Waals surface area contributed by atoms with Crippen molar-refractivity contribution in [3.05, 3.63) is 23.3 Å². The van der Waals surface area contributed by atoms with E-state index in [0.717, 1.165) is 11.3 Å². The molecular formula is C11H15N5O3. The number of amides is 2. The first-order chi connectivity index (χ1) is 9.06. The van der Waals surface area contributed by atoms with Gasteiger partial charge in [0.05, 0.1) is 5.69 Å². The Bertz CT molecular complexity index is 560. The van der Waals surface area contributed by atoms with Gasteiger partial charge in [-0.15, -0.1) is 0 Å². The van der Waals surface area contributed by atoms with Crippen molar-refractivity contribution in [1.29, 1.82) is 0 Å². The third-order valence-corrected chi connectivity index (χ3v) is 2.41. The summed E-state index contributed by atoms with van der Waals surface area (Å²) in [7, 11) is 0. The fourth-order valence-electron chi connectivity index (χ4n) is 1.54. The average Bonchev–Trinajstić information content (AvgIpc) is 2.95. The molecule has 2 amide bonds. The molecule has 0 aromatic carbocycles. The van der Waals surface area contributed by atoms with Crippen molar-refractivity contribution < 1.29 is 13.8 Å². The van der Waals surface area contributed by atoms with Gasteiger partial charge in [0.2, 0.25) is 0 Å². The molecular weight excluding hydrogens is 250 g/mol. The molecule has 0 radical (unpaired) electrons. The number of carbonyl (C=O) groups excluding carboxylic acids is 1. The molecule has 0 saturated heterocycles. The van der Waals surface area contributed by atoms with Crippen LogP contribution in [0.25, 0.3) is 0 Å². The van der Waals surface area contributed by atoms with Gasteiger partial charge in [-0.1, -0.05) is 24.2 Å². The number of urea groups is 1. The number of rotatable bonds is 4. The van der Waals surface area contributed by atoms with Gasteiger partial charge < -0.3 is 14.4 Å². The fourth-order valence-corrected chi connectivity index (χ4v) is 1.54. The van der Waals surface area contributed by atoms with Crippen LogP contribution in [0.3, 0.4) is 0 Å². The summed E-state index contributed by atoms with van der Waals surface area (Å²) < 4.78 is 9.67. The maximum Gasteiger partial charge on any atom is 0.329 e. The van der Waals surface area contributed by atoms with Crippen LogP contribution in [0.1, 0.15) is 36.8 Å². The number of carbonyl (C=O) groups is 1. The summed E-state index contributed by atoms with van der Waals surface area (Å²) in [5.74, 6) is 0.689. The van der Waals surface area contributed by atoms with Crippen LogP contribution in [0.2, 0.25) is 0 Å². The molecule has 2 aromatic rings. The minimum Gasteiger partial charge on any atom is -0.364 e. The van der Waals surface area contributed by atoms with Crippen molar-refractivity contribution in [2.24, 2.45) is 0 Å². The number of aryl methyl sites for hydroxylation is 1. The Kier molecular flexibility index (Phi) is 3.79. The molecule has 2 aromatic heterocycles. The Hall–Kier alpha value is -2.38. The summed E-state index contributed by atoms with van der Waals surface area (Å²) in [5, 5.41) is 12.5. The smallest absolute Gasteiger partial charge is 0.329 e. The molecule has 2 rings (SSSR count). The van der Waals surface area contributed by atoms with Crippen molar-refractivity contribution in [2.45, 2.75) is 33.2 Å². The molecule has 0 aliphatic carbocycles. The van der Waals surface area contributed by atoms with Crippen LogP contribution in [0, 0.1) is 6.92 Å². The first-order valence-corrected chi connectivity index (χ1v) is 5.84. The SMILES string of the molecule is Cc1noc(NC(=O)NCc2conc2C(C)C)n1. The lowest BCUT2D eigenvalue weighted by molar-refractivity contribution is 0.250. The maximum atomic E-state index is 11.6. The molecule has 0 fully saturated rings. The largest absolute Gasteiger partial charge is 0.364 e. The molecule has 2 N–H and O–H groups in total. The molecule has 0 saturated carbocycles. The highest BCUT2D eigenvalue weighted by Gasteiger charge is 2.13. The van der Waals surface area contributed by atoms with Gasteiger partial charge in [-0.3, -0.25) is 5.32 Å². The summed E-state index contributed by atoms with van der Waals surface area (Å²) in [6.07, 6.45) is 1.52. The third kappa shape index (κ3) is 3.30. The predicted octanol–water partition coefficient (Wildman–Crippen LogP) is 1.81. The van der Waals surface area contributed by atoms with Crippen LogP contribution in [-0.4, -0.2) is 21.3 Å². The van der Waals surface area contributed by atoms with Gasteiger partial charge >= 0.3 is 12.0 Å². The summed E-state index contributed by atoms with van der Waals surface area (Å²) in [4.78, 5) is 15.5. The van der Waals surface area contributed by atoms with Crippen LogP contribution in [0.4, 0.5) is 10.8 Å². The summed E-state index contributed by atoms with van der Waals surface area (Å²) in [6, 6.07) is -0.371. The minimum atomic E-state index is -0.431. The topological polar surface area (TPSA) is 106 Å². The van der Waals surface area contributed by atoms with Crippen LogP contribution in [-0.2, 0) is 6.54 Å². The summed E-state index contributed by atoms with van der Waals surface area (Å²) >= 11 is 0. The Morgan fingerprint density at radius 1 is 1.42 bits per heavy atom. The third-order valence-electron chi connectivity index (χ3n) is 2.41. The zero-order valence-electron chi connectivity index (χ0n) is 10.9. The lowest BCUT2D eigenvalue weighted by Gasteiger charge is -2.05. The number of aromatic nitrogens is 3. The minimum absolute atomic E-state index is 0.0596. The molecule has 0 aliphatic rings. The van der Waals surface area contributed by atoms with Gasteiger partial charge in [0.15, 0.2) is 5.82 Å². The molecule has 0 atom stereocenters. The van der Waals surface area contributed by atoms with Crippen molar-refractivity contribution >= 4 is 12.0 Å².